The van der Waals surface area contributed by atoms with Crippen LogP contribution in [-0.2, 0) is 0 Å². The van der Waals surface area contributed by atoms with Crippen molar-refractivity contribution < 1.29 is 20.1 Å². The third-order valence-corrected chi connectivity index (χ3v) is 2.54. The van der Waals surface area contributed by atoms with Crippen LogP contribution in [0.1, 0.15) is 5.56 Å². The minimum atomic E-state index is -1.49. The summed E-state index contributed by atoms with van der Waals surface area (Å²) in [6, 6.07) is 7.47. The van der Waals surface area contributed by atoms with E-state index in [1.54, 1.807) is 18.2 Å². The number of anilines is 1. The molecule has 19 heavy (non-hydrogen) atoms. The van der Waals surface area contributed by atoms with Crippen LogP contribution in [0.3, 0.4) is 0 Å². The van der Waals surface area contributed by atoms with Crippen molar-refractivity contribution >= 4 is 11.7 Å². The van der Waals surface area contributed by atoms with Gasteiger partial charge in [-0.25, -0.2) is 4.79 Å². The summed E-state index contributed by atoms with van der Waals surface area (Å²) in [6.07, 6.45) is 0. The Morgan fingerprint density at radius 3 is 2.42 bits per heavy atom. The Morgan fingerprint density at radius 1 is 1.26 bits per heavy atom. The minimum Gasteiger partial charge on any atom is -0.394 e. The number of nitrogens with one attached hydrogen (secondary N) is 2. The number of hydrogen-bond acceptors (Lipinski definition) is 5. The monoisotopic (exact) mass is 265 g/mol. The minimum absolute atomic E-state index is 0.385. The van der Waals surface area contributed by atoms with Crippen LogP contribution in [0.15, 0.2) is 24.3 Å². The predicted octanol–water partition coefficient (Wildman–Crippen LogP) is -0.605. The predicted molar refractivity (Wildman–Crippen MR) is 67.3 cm³/mol. The molecule has 0 unspecified atom stereocenters. The number of rotatable bonds is 5. The lowest BCUT2D eigenvalue weighted by Gasteiger charge is -2.28. The second-order valence-electron chi connectivity index (χ2n) is 4.03. The number of aliphatic hydroxyl groups is 3. The van der Waals surface area contributed by atoms with Gasteiger partial charge < -0.3 is 26.0 Å². The maximum absolute atomic E-state index is 11.7. The standard InChI is InChI=1S/C12H15N3O4/c13-5-9-2-1-3-10(4-9)14-11(19)15-12(6-16,7-17)8-18/h1-4,16-18H,6-8H2,(H2,14,15,19). The lowest BCUT2D eigenvalue weighted by molar-refractivity contribution is 0.0507. The van der Waals surface area contributed by atoms with Crippen LogP contribution in [0.2, 0.25) is 0 Å². The SMILES string of the molecule is N#Cc1cccc(NC(=O)NC(CO)(CO)CO)c1. The van der Waals surface area contributed by atoms with E-state index in [1.807, 2.05) is 6.07 Å². The van der Waals surface area contributed by atoms with E-state index in [0.29, 0.717) is 11.3 Å². The molecule has 0 spiro atoms. The van der Waals surface area contributed by atoms with Gasteiger partial charge in [0.25, 0.3) is 0 Å². The normalized spacial score (nSPS) is 10.6. The molecule has 102 valence electrons. The van der Waals surface area contributed by atoms with Crippen molar-refractivity contribution in [3.63, 3.8) is 0 Å². The largest absolute Gasteiger partial charge is 0.394 e. The summed E-state index contributed by atoms with van der Waals surface area (Å²) in [7, 11) is 0. The highest BCUT2D eigenvalue weighted by molar-refractivity contribution is 5.90. The van der Waals surface area contributed by atoms with Crippen LogP contribution >= 0.6 is 0 Å². The molecule has 0 saturated carbocycles. The summed E-state index contributed by atoms with van der Waals surface area (Å²) in [5.74, 6) is 0. The molecule has 1 aromatic carbocycles. The van der Waals surface area contributed by atoms with Gasteiger partial charge in [-0.3, -0.25) is 0 Å². The molecule has 0 atom stereocenters. The zero-order valence-electron chi connectivity index (χ0n) is 10.1. The van der Waals surface area contributed by atoms with Crippen LogP contribution in [0, 0.1) is 11.3 Å². The zero-order valence-corrected chi connectivity index (χ0v) is 10.1. The number of aliphatic hydroxyl groups excluding tert-OH is 3. The molecule has 0 radical (unpaired) electrons. The first-order valence-corrected chi connectivity index (χ1v) is 5.51. The number of hydrogen-bond donors (Lipinski definition) is 5. The number of nitrogens with zero attached hydrogens (tertiary/aromatic N) is 1. The van der Waals surface area contributed by atoms with Crippen molar-refractivity contribution in [2.45, 2.75) is 5.54 Å². The molecule has 5 N–H and O–H groups in total. The molecule has 7 heteroatoms. The third kappa shape index (κ3) is 3.93. The van der Waals surface area contributed by atoms with Crippen LogP contribution < -0.4 is 10.6 Å². The molecule has 0 aliphatic rings. The van der Waals surface area contributed by atoms with E-state index in [4.69, 9.17) is 20.6 Å². The van der Waals surface area contributed by atoms with E-state index in [-0.39, 0.29) is 0 Å². The maximum Gasteiger partial charge on any atom is 0.319 e. The second-order valence-corrected chi connectivity index (χ2v) is 4.03. The Balaban J connectivity index is 2.72. The highest BCUT2D eigenvalue weighted by Gasteiger charge is 2.29. The highest BCUT2D eigenvalue weighted by Crippen LogP contribution is 2.10. The van der Waals surface area contributed by atoms with Gasteiger partial charge >= 0.3 is 6.03 Å². The van der Waals surface area contributed by atoms with Gasteiger partial charge in [0.05, 0.1) is 31.5 Å². The van der Waals surface area contributed by atoms with Crippen molar-refractivity contribution in [1.29, 1.82) is 5.26 Å². The van der Waals surface area contributed by atoms with Crippen molar-refractivity contribution in [1.82, 2.24) is 5.32 Å². The van der Waals surface area contributed by atoms with Crippen molar-refractivity contribution in [3.05, 3.63) is 29.8 Å². The summed E-state index contributed by atoms with van der Waals surface area (Å²) in [6.45, 7) is -1.82. The van der Waals surface area contributed by atoms with Crippen molar-refractivity contribution in [2.24, 2.45) is 0 Å². The van der Waals surface area contributed by atoms with E-state index >= 15 is 0 Å². The van der Waals surface area contributed by atoms with E-state index < -0.39 is 31.4 Å². The van der Waals surface area contributed by atoms with Crippen molar-refractivity contribution in [2.75, 3.05) is 25.1 Å². The number of carbonyl (C=O) groups is 1. The Morgan fingerprint density at radius 2 is 1.89 bits per heavy atom. The Bertz CT molecular complexity index is 472. The van der Waals surface area contributed by atoms with E-state index in [0.717, 1.165) is 0 Å². The van der Waals surface area contributed by atoms with Crippen LogP contribution in [-0.4, -0.2) is 46.7 Å². The molecule has 0 saturated heterocycles. The highest BCUT2D eigenvalue weighted by atomic mass is 16.3. The van der Waals surface area contributed by atoms with E-state index in [1.165, 1.54) is 6.07 Å². The van der Waals surface area contributed by atoms with E-state index in [2.05, 4.69) is 10.6 Å². The number of urea groups is 1. The van der Waals surface area contributed by atoms with E-state index in [9.17, 15) is 4.79 Å². The van der Waals surface area contributed by atoms with Gasteiger partial charge in [-0.1, -0.05) is 6.07 Å². The topological polar surface area (TPSA) is 126 Å². The van der Waals surface area contributed by atoms with Crippen molar-refractivity contribution in [3.8, 4) is 6.07 Å². The average molecular weight is 265 g/mol. The van der Waals surface area contributed by atoms with Gasteiger partial charge in [0.15, 0.2) is 0 Å². The maximum atomic E-state index is 11.7. The Labute approximate surface area is 110 Å². The summed E-state index contributed by atoms with van der Waals surface area (Å²) < 4.78 is 0. The summed E-state index contributed by atoms with van der Waals surface area (Å²) >= 11 is 0. The van der Waals surface area contributed by atoms with Gasteiger partial charge in [-0.05, 0) is 18.2 Å². The fourth-order valence-electron chi connectivity index (χ4n) is 1.34. The second kappa shape index (κ2) is 6.70. The molecule has 0 fully saturated rings. The number of benzene rings is 1. The Hall–Kier alpha value is -2.14. The average Bonchev–Trinajstić information content (AvgIpc) is 2.45. The summed E-state index contributed by atoms with van der Waals surface area (Å²) in [4.78, 5) is 11.7. The van der Waals surface area contributed by atoms with Crippen LogP contribution in [0.4, 0.5) is 10.5 Å². The van der Waals surface area contributed by atoms with Crippen LogP contribution in [0.25, 0.3) is 0 Å². The van der Waals surface area contributed by atoms with Gasteiger partial charge in [0.2, 0.25) is 0 Å². The summed E-state index contributed by atoms with van der Waals surface area (Å²) in [5, 5.41) is 40.6. The molecule has 2 amide bonds. The molecule has 0 bridgehead atoms. The molecule has 0 heterocycles. The quantitative estimate of drug-likeness (QED) is 0.486. The lowest BCUT2D eigenvalue weighted by atomic mass is 10.0. The van der Waals surface area contributed by atoms with Gasteiger partial charge in [0.1, 0.15) is 5.54 Å². The molecule has 1 aromatic rings. The molecular formula is C12H15N3O4. The first-order valence-electron chi connectivity index (χ1n) is 5.51. The molecule has 7 nitrogen and oxygen atoms in total. The molecule has 1 rings (SSSR count). The first kappa shape index (κ1) is 14.9. The van der Waals surface area contributed by atoms with Crippen LogP contribution in [0.5, 0.6) is 0 Å². The van der Waals surface area contributed by atoms with Gasteiger partial charge in [-0.2, -0.15) is 5.26 Å². The molecule has 0 aliphatic heterocycles. The third-order valence-electron chi connectivity index (χ3n) is 2.54. The first-order chi connectivity index (χ1) is 9.09. The molecule has 0 aliphatic carbocycles. The van der Waals surface area contributed by atoms with Gasteiger partial charge in [-0.15, -0.1) is 0 Å². The molecular weight excluding hydrogens is 250 g/mol. The fraction of sp³-hybridized carbons (Fsp3) is 0.333. The lowest BCUT2D eigenvalue weighted by Crippen LogP contribution is -2.58. The fourth-order valence-corrected chi connectivity index (χ4v) is 1.34. The summed E-state index contributed by atoms with van der Waals surface area (Å²) in [5.41, 5.74) is -0.716. The number of amides is 2. The molecule has 0 aromatic heterocycles. The smallest absolute Gasteiger partial charge is 0.319 e. The zero-order chi connectivity index (χ0) is 14.3. The van der Waals surface area contributed by atoms with Gasteiger partial charge in [0, 0.05) is 5.69 Å². The Kier molecular flexibility index (Phi) is 5.26. The number of carbonyl (C=O) groups excluding carboxylic acids is 1. The number of nitriles is 1.